The number of carbonyl (C=O) groups excluding carboxylic acids is 1. The van der Waals surface area contributed by atoms with Crippen LogP contribution in [0.1, 0.15) is 32.8 Å². The molecule has 1 aliphatic rings. The number of amides is 1. The molecule has 0 saturated heterocycles. The molecule has 0 fully saturated rings. The Kier molecular flexibility index (Phi) is 5.49. The first kappa shape index (κ1) is 18.3. The molecule has 0 aliphatic carbocycles. The lowest BCUT2D eigenvalue weighted by atomic mass is 9.90. The minimum atomic E-state index is -4.44. The monoisotopic (exact) mass is 338 g/mol. The van der Waals surface area contributed by atoms with E-state index in [-0.39, 0.29) is 17.6 Å². The quantitative estimate of drug-likeness (QED) is 0.807. The minimum Gasteiger partial charge on any atom is -0.322 e. The summed E-state index contributed by atoms with van der Waals surface area (Å²) in [6.07, 6.45) is -2.02. The fourth-order valence-corrected chi connectivity index (χ4v) is 2.74. The van der Waals surface area contributed by atoms with Gasteiger partial charge in [-0.25, -0.2) is 0 Å². The van der Waals surface area contributed by atoms with Crippen LogP contribution in [0.3, 0.4) is 0 Å². The molecule has 2 N–H and O–H groups in total. The van der Waals surface area contributed by atoms with Gasteiger partial charge in [-0.15, -0.1) is 0 Å². The fourth-order valence-electron chi connectivity index (χ4n) is 2.74. The highest BCUT2D eigenvalue weighted by molar-refractivity contribution is 6.07. The molecule has 1 atom stereocenters. The number of carbonyl (C=O) groups is 1. The third-order valence-corrected chi connectivity index (χ3v) is 4.05. The Labute approximate surface area is 139 Å². The molecule has 0 spiro atoms. The van der Waals surface area contributed by atoms with Crippen molar-refractivity contribution in [3.05, 3.63) is 52.6 Å². The first-order chi connectivity index (χ1) is 11.2. The number of hydrogen-bond acceptors (Lipinski definition) is 2. The molecule has 1 heterocycles. The summed E-state index contributed by atoms with van der Waals surface area (Å²) in [4.78, 5) is 12.5. The van der Waals surface area contributed by atoms with Crippen molar-refractivity contribution in [2.24, 2.45) is 0 Å². The van der Waals surface area contributed by atoms with Crippen LogP contribution >= 0.6 is 0 Å². The molecule has 1 amide bonds. The normalized spacial score (nSPS) is 19.4. The lowest BCUT2D eigenvalue weighted by Gasteiger charge is -2.26. The average Bonchev–Trinajstić information content (AvgIpc) is 2.51. The third kappa shape index (κ3) is 4.26. The van der Waals surface area contributed by atoms with Crippen LogP contribution in [0.25, 0.3) is 0 Å². The molecule has 1 aromatic rings. The Hall–Kier alpha value is -2.08. The van der Waals surface area contributed by atoms with E-state index < -0.39 is 11.7 Å². The molecule has 0 aromatic heterocycles. The van der Waals surface area contributed by atoms with Crippen LogP contribution in [0.15, 0.2) is 47.1 Å². The molecule has 0 radical (unpaired) electrons. The molecule has 1 unspecified atom stereocenters. The van der Waals surface area contributed by atoms with E-state index in [4.69, 9.17) is 0 Å². The van der Waals surface area contributed by atoms with Crippen LogP contribution < -0.4 is 10.6 Å². The van der Waals surface area contributed by atoms with Crippen molar-refractivity contribution in [1.29, 1.82) is 0 Å². The predicted octanol–water partition coefficient (Wildman–Crippen LogP) is 4.29. The molecule has 3 nitrogen and oxygen atoms in total. The second kappa shape index (κ2) is 7.21. The number of alkyl halides is 3. The molecule has 1 aliphatic heterocycles. The standard InChI is InChI=1S/C18H21F3N2O/c1-4-15(16-8-12(3)22-10-11(16)2)17(24)23-14-7-5-6-13(9-14)18(19,20)21/h4-7,9,12,22H,8,10H2,1-3H3,(H,23,24)/b15-4+. The second-order valence-corrected chi connectivity index (χ2v) is 5.98. The number of benzene rings is 1. The number of rotatable bonds is 3. The van der Waals surface area contributed by atoms with E-state index in [1.54, 1.807) is 13.0 Å². The largest absolute Gasteiger partial charge is 0.416 e. The number of anilines is 1. The lowest BCUT2D eigenvalue weighted by molar-refractivity contribution is -0.137. The number of halogens is 3. The van der Waals surface area contributed by atoms with E-state index in [1.165, 1.54) is 12.1 Å². The van der Waals surface area contributed by atoms with Gasteiger partial charge in [0.05, 0.1) is 5.56 Å². The zero-order valence-electron chi connectivity index (χ0n) is 13.9. The van der Waals surface area contributed by atoms with Gasteiger partial charge in [0, 0.05) is 23.8 Å². The summed E-state index contributed by atoms with van der Waals surface area (Å²) in [7, 11) is 0. The summed E-state index contributed by atoms with van der Waals surface area (Å²) in [6, 6.07) is 4.91. The highest BCUT2D eigenvalue weighted by Crippen LogP contribution is 2.31. The molecule has 130 valence electrons. The van der Waals surface area contributed by atoms with Crippen molar-refractivity contribution in [3.63, 3.8) is 0 Å². The van der Waals surface area contributed by atoms with Gasteiger partial charge < -0.3 is 10.6 Å². The molecular formula is C18H21F3N2O. The van der Waals surface area contributed by atoms with Crippen molar-refractivity contribution in [2.45, 2.75) is 39.4 Å². The number of hydrogen-bond donors (Lipinski definition) is 2. The first-order valence-electron chi connectivity index (χ1n) is 7.79. The van der Waals surface area contributed by atoms with Crippen molar-refractivity contribution in [2.75, 3.05) is 11.9 Å². The summed E-state index contributed by atoms with van der Waals surface area (Å²) in [5, 5.41) is 5.89. The molecule has 0 bridgehead atoms. The average molecular weight is 338 g/mol. The van der Waals surface area contributed by atoms with Gasteiger partial charge in [0.15, 0.2) is 0 Å². The molecule has 1 aromatic carbocycles. The van der Waals surface area contributed by atoms with Crippen LogP contribution in [0.2, 0.25) is 0 Å². The van der Waals surface area contributed by atoms with Gasteiger partial charge in [-0.1, -0.05) is 17.7 Å². The minimum absolute atomic E-state index is 0.134. The van der Waals surface area contributed by atoms with Crippen LogP contribution in [-0.2, 0) is 11.0 Å². The maximum Gasteiger partial charge on any atom is 0.416 e. The van der Waals surface area contributed by atoms with Gasteiger partial charge in [0.2, 0.25) is 0 Å². The van der Waals surface area contributed by atoms with Crippen LogP contribution in [0.4, 0.5) is 18.9 Å². The van der Waals surface area contributed by atoms with Gasteiger partial charge in [-0.2, -0.15) is 13.2 Å². The summed E-state index contributed by atoms with van der Waals surface area (Å²) < 4.78 is 38.3. The maximum absolute atomic E-state index is 12.8. The number of nitrogens with one attached hydrogen (secondary N) is 2. The molecule has 24 heavy (non-hydrogen) atoms. The van der Waals surface area contributed by atoms with E-state index >= 15 is 0 Å². The summed E-state index contributed by atoms with van der Waals surface area (Å²) in [5.74, 6) is -0.389. The Bertz CT molecular complexity index is 690. The van der Waals surface area contributed by atoms with E-state index in [9.17, 15) is 18.0 Å². The number of allylic oxidation sites excluding steroid dienone is 1. The maximum atomic E-state index is 12.8. The molecule has 6 heteroatoms. The summed E-state index contributed by atoms with van der Waals surface area (Å²) in [6.45, 7) is 6.44. The van der Waals surface area contributed by atoms with Crippen LogP contribution in [-0.4, -0.2) is 18.5 Å². The highest BCUT2D eigenvalue weighted by Gasteiger charge is 2.30. The van der Waals surface area contributed by atoms with Gasteiger partial charge in [0.25, 0.3) is 5.91 Å². The van der Waals surface area contributed by atoms with E-state index in [0.717, 1.165) is 23.3 Å². The summed E-state index contributed by atoms with van der Waals surface area (Å²) >= 11 is 0. The Morgan fingerprint density at radius 2 is 2.08 bits per heavy atom. The Morgan fingerprint density at radius 1 is 1.38 bits per heavy atom. The Balaban J connectivity index is 2.22. The van der Waals surface area contributed by atoms with Crippen LogP contribution in [0.5, 0.6) is 0 Å². The highest BCUT2D eigenvalue weighted by atomic mass is 19.4. The van der Waals surface area contributed by atoms with Crippen molar-refractivity contribution < 1.29 is 18.0 Å². The zero-order chi connectivity index (χ0) is 17.9. The van der Waals surface area contributed by atoms with Crippen molar-refractivity contribution in [1.82, 2.24) is 5.32 Å². The van der Waals surface area contributed by atoms with E-state index in [2.05, 4.69) is 10.6 Å². The molecular weight excluding hydrogens is 317 g/mol. The Morgan fingerprint density at radius 3 is 2.71 bits per heavy atom. The first-order valence-corrected chi connectivity index (χ1v) is 7.79. The summed E-state index contributed by atoms with van der Waals surface area (Å²) in [5.41, 5.74) is 1.88. The lowest BCUT2D eigenvalue weighted by Crippen LogP contribution is -2.34. The van der Waals surface area contributed by atoms with Crippen molar-refractivity contribution >= 4 is 11.6 Å². The van der Waals surface area contributed by atoms with E-state index in [1.807, 2.05) is 13.8 Å². The fraction of sp³-hybridized carbons (Fsp3) is 0.389. The molecule has 2 rings (SSSR count). The van der Waals surface area contributed by atoms with Crippen LogP contribution in [0, 0.1) is 0 Å². The molecule has 0 saturated carbocycles. The van der Waals surface area contributed by atoms with Gasteiger partial charge >= 0.3 is 6.18 Å². The third-order valence-electron chi connectivity index (χ3n) is 4.05. The van der Waals surface area contributed by atoms with E-state index in [0.29, 0.717) is 18.5 Å². The van der Waals surface area contributed by atoms with Gasteiger partial charge in [-0.3, -0.25) is 4.79 Å². The predicted molar refractivity (Wildman–Crippen MR) is 88.6 cm³/mol. The smallest absolute Gasteiger partial charge is 0.322 e. The topological polar surface area (TPSA) is 41.1 Å². The van der Waals surface area contributed by atoms with Gasteiger partial charge in [0.1, 0.15) is 0 Å². The SMILES string of the molecule is C/C=C(/C(=O)Nc1cccc(C(F)(F)F)c1)C1=C(C)CNC(C)C1. The second-order valence-electron chi connectivity index (χ2n) is 5.98. The van der Waals surface area contributed by atoms with Gasteiger partial charge in [-0.05, 0) is 51.0 Å². The zero-order valence-corrected chi connectivity index (χ0v) is 13.9. The van der Waals surface area contributed by atoms with Crippen molar-refractivity contribution in [3.8, 4) is 0 Å².